The fourth-order valence-corrected chi connectivity index (χ4v) is 8.23. The minimum atomic E-state index is -4.78. The van der Waals surface area contributed by atoms with Crippen LogP contribution in [-0.2, 0) is 42.2 Å². The summed E-state index contributed by atoms with van der Waals surface area (Å²) in [6.07, 6.45) is 70.3. The lowest BCUT2D eigenvalue weighted by atomic mass is 10.1. The molecule has 0 bridgehead atoms. The molecule has 0 aromatic carbocycles. The number of phosphoric ester groups is 1. The fraction of sp³-hybridized carbons (Fsp3) is 0.641. The summed E-state index contributed by atoms with van der Waals surface area (Å²) in [6.45, 7) is 4.28. The van der Waals surface area contributed by atoms with Gasteiger partial charge >= 0.3 is 25.7 Å². The molecule has 0 spiro atoms. The number of aliphatic hydroxyl groups excluding tert-OH is 1. The van der Waals surface area contributed by atoms with E-state index >= 15 is 0 Å². The average molecular weight is 1080 g/mol. The van der Waals surface area contributed by atoms with E-state index in [-0.39, 0.29) is 25.9 Å². The third-order valence-electron chi connectivity index (χ3n) is 11.9. The molecule has 0 saturated carbocycles. The molecule has 0 aromatic heterocycles. The van der Waals surface area contributed by atoms with E-state index in [1.165, 1.54) is 57.8 Å². The number of aliphatic hydroxyl groups is 1. The molecule has 0 rings (SSSR count). The van der Waals surface area contributed by atoms with Gasteiger partial charge in [0.1, 0.15) is 12.7 Å². The second kappa shape index (κ2) is 57.1. The first-order chi connectivity index (χ1) is 37.2. The molecular formula is C64H105O11P. The Labute approximate surface area is 462 Å². The first kappa shape index (κ1) is 71.9. The van der Waals surface area contributed by atoms with Gasteiger partial charge in [-0.1, -0.05) is 213 Å². The highest BCUT2D eigenvalue weighted by atomic mass is 31.2. The van der Waals surface area contributed by atoms with Crippen molar-refractivity contribution in [1.82, 2.24) is 0 Å². The highest BCUT2D eigenvalue weighted by Gasteiger charge is 2.28. The number of hydrogen-bond donors (Lipinski definition) is 2. The predicted octanol–water partition coefficient (Wildman–Crippen LogP) is 17.6. The molecule has 3 atom stereocenters. The van der Waals surface area contributed by atoms with E-state index < -0.39 is 57.8 Å². The Kier molecular flexibility index (Phi) is 54.0. The fourth-order valence-electron chi connectivity index (χ4n) is 7.45. The molecule has 0 radical (unpaired) electrons. The van der Waals surface area contributed by atoms with Crippen molar-refractivity contribution in [3.8, 4) is 0 Å². The molecule has 0 aliphatic carbocycles. The van der Waals surface area contributed by atoms with E-state index in [9.17, 15) is 28.9 Å². The standard InChI is InChI=1S/C64H105O11P/c1-4-7-10-13-16-19-22-25-27-29-30-32-33-36-38-41-44-47-50-53-62(66)71-57-61(75-64(68)55-52-49-46-43-40-37-34-31-28-26-23-20-17-14-11-8-5-2)59-73-76(69,70)72-58-60(56-65)74-63(67)54-51-48-45-42-39-35-24-21-18-15-12-9-6-3/h7,9-10,12,16,18-19,21,25-28,30,32,35-36,38-39,45,48,60-61,65H,4-6,8,11,13-15,17,20,22-24,29,31,33-34,37,40-44,46-47,49-59H2,1-3H3,(H,69,70)/b10-7-,12-9-,19-16-,21-18-,27-25-,28-26-,32-30-,38-36-,39-35-,48-45-. The number of ether oxygens (including phenoxy) is 3. The summed E-state index contributed by atoms with van der Waals surface area (Å²) in [7, 11) is -4.78. The summed E-state index contributed by atoms with van der Waals surface area (Å²) in [4.78, 5) is 48.5. The molecule has 3 unspecified atom stereocenters. The molecule has 0 aliphatic rings. The van der Waals surface area contributed by atoms with Crippen molar-refractivity contribution in [2.45, 2.75) is 238 Å². The molecule has 11 nitrogen and oxygen atoms in total. The van der Waals surface area contributed by atoms with Crippen LogP contribution in [0.25, 0.3) is 0 Å². The van der Waals surface area contributed by atoms with Crippen LogP contribution in [0.1, 0.15) is 226 Å². The molecule has 76 heavy (non-hydrogen) atoms. The Morgan fingerprint density at radius 3 is 1.16 bits per heavy atom. The second-order valence-corrected chi connectivity index (χ2v) is 20.5. The Morgan fingerprint density at radius 2 is 0.711 bits per heavy atom. The van der Waals surface area contributed by atoms with Gasteiger partial charge in [0.05, 0.1) is 19.8 Å². The van der Waals surface area contributed by atoms with Crippen LogP contribution in [0.4, 0.5) is 0 Å². The maximum absolute atomic E-state index is 12.9. The summed E-state index contributed by atoms with van der Waals surface area (Å²) in [5.74, 6) is -1.60. The first-order valence-corrected chi connectivity index (χ1v) is 30.9. The number of rotatable bonds is 53. The number of carbonyl (C=O) groups excluding carboxylic acids is 3. The third-order valence-corrected chi connectivity index (χ3v) is 12.8. The summed E-state index contributed by atoms with van der Waals surface area (Å²) >= 11 is 0. The van der Waals surface area contributed by atoms with Crippen LogP contribution < -0.4 is 0 Å². The van der Waals surface area contributed by atoms with E-state index in [4.69, 9.17) is 23.3 Å². The van der Waals surface area contributed by atoms with Crippen LogP contribution in [0.2, 0.25) is 0 Å². The smallest absolute Gasteiger partial charge is 0.462 e. The van der Waals surface area contributed by atoms with Crippen molar-refractivity contribution in [3.05, 3.63) is 122 Å². The lowest BCUT2D eigenvalue weighted by Gasteiger charge is -2.21. The Hall–Kier alpha value is -4.12. The van der Waals surface area contributed by atoms with Gasteiger partial charge in [-0.15, -0.1) is 0 Å². The molecular weight excluding hydrogens is 976 g/mol. The van der Waals surface area contributed by atoms with Crippen molar-refractivity contribution in [1.29, 1.82) is 0 Å². The van der Waals surface area contributed by atoms with Crippen LogP contribution >= 0.6 is 7.82 Å². The van der Waals surface area contributed by atoms with Crippen molar-refractivity contribution >= 4 is 25.7 Å². The molecule has 0 aromatic rings. The van der Waals surface area contributed by atoms with Gasteiger partial charge in [0.2, 0.25) is 0 Å². The van der Waals surface area contributed by atoms with Crippen LogP contribution in [0, 0.1) is 0 Å². The van der Waals surface area contributed by atoms with E-state index in [0.29, 0.717) is 19.3 Å². The number of esters is 3. The lowest BCUT2D eigenvalue weighted by molar-refractivity contribution is -0.161. The van der Waals surface area contributed by atoms with Crippen molar-refractivity contribution < 1.29 is 52.2 Å². The topological polar surface area (TPSA) is 155 Å². The SMILES string of the molecule is CC/C=C\C/C=C\C/C=C\C/C=C\C/C=C\CCCCCC(=O)OCC(COP(=O)(O)OCC(CO)OC(=O)CC/C=C\C/C=C\C/C=C\C/C=C\CC)OC(=O)CCCCCCCCC/C=C\CCCCCCCC. The van der Waals surface area contributed by atoms with Crippen LogP contribution in [0.5, 0.6) is 0 Å². The zero-order chi connectivity index (χ0) is 55.5. The lowest BCUT2D eigenvalue weighted by Crippen LogP contribution is -2.30. The molecule has 0 amide bonds. The highest BCUT2D eigenvalue weighted by molar-refractivity contribution is 7.47. The van der Waals surface area contributed by atoms with Crippen molar-refractivity contribution in [2.24, 2.45) is 0 Å². The quantitative estimate of drug-likeness (QED) is 0.0197. The van der Waals surface area contributed by atoms with E-state index in [2.05, 4.69) is 124 Å². The predicted molar refractivity (Wildman–Crippen MR) is 316 cm³/mol. The van der Waals surface area contributed by atoms with E-state index in [0.717, 1.165) is 109 Å². The minimum Gasteiger partial charge on any atom is -0.462 e. The summed E-state index contributed by atoms with van der Waals surface area (Å²) in [6, 6.07) is 0. The van der Waals surface area contributed by atoms with E-state index in [1.54, 1.807) is 0 Å². The zero-order valence-electron chi connectivity index (χ0n) is 47.7. The first-order valence-electron chi connectivity index (χ1n) is 29.4. The van der Waals surface area contributed by atoms with Crippen molar-refractivity contribution in [2.75, 3.05) is 26.4 Å². The van der Waals surface area contributed by atoms with Gasteiger partial charge in [-0.25, -0.2) is 4.57 Å². The van der Waals surface area contributed by atoms with E-state index in [1.807, 2.05) is 18.2 Å². The zero-order valence-corrected chi connectivity index (χ0v) is 48.6. The molecule has 0 fully saturated rings. The van der Waals surface area contributed by atoms with Crippen LogP contribution in [0.15, 0.2) is 122 Å². The Bertz CT molecular complexity index is 1740. The van der Waals surface area contributed by atoms with Gasteiger partial charge in [0.25, 0.3) is 0 Å². The number of carbonyl (C=O) groups is 3. The van der Waals surface area contributed by atoms with Crippen LogP contribution in [0.3, 0.4) is 0 Å². The van der Waals surface area contributed by atoms with Crippen LogP contribution in [-0.4, -0.2) is 66.5 Å². The number of allylic oxidation sites excluding steroid dienone is 20. The average Bonchev–Trinajstić information content (AvgIpc) is 3.41. The maximum atomic E-state index is 12.9. The largest absolute Gasteiger partial charge is 0.472 e. The molecule has 2 N–H and O–H groups in total. The Balaban J connectivity index is 4.86. The van der Waals surface area contributed by atoms with Gasteiger partial charge in [0.15, 0.2) is 6.10 Å². The minimum absolute atomic E-state index is 0.0480. The maximum Gasteiger partial charge on any atom is 0.472 e. The molecule has 0 heterocycles. The summed E-state index contributed by atoms with van der Waals surface area (Å²) in [5, 5.41) is 9.80. The second-order valence-electron chi connectivity index (χ2n) is 19.0. The molecule has 12 heteroatoms. The van der Waals surface area contributed by atoms with Gasteiger partial charge < -0.3 is 24.2 Å². The summed E-state index contributed by atoms with van der Waals surface area (Å²) < 4.78 is 39.4. The molecule has 432 valence electrons. The number of phosphoric acid groups is 1. The summed E-state index contributed by atoms with van der Waals surface area (Å²) in [5.41, 5.74) is 0. The Morgan fingerprint density at radius 1 is 0.382 bits per heavy atom. The van der Waals surface area contributed by atoms with Gasteiger partial charge in [0, 0.05) is 19.3 Å². The normalized spacial score (nSPS) is 14.2. The molecule has 0 saturated heterocycles. The number of unbranched alkanes of at least 4 members (excludes halogenated alkanes) is 16. The number of hydrogen-bond acceptors (Lipinski definition) is 10. The van der Waals surface area contributed by atoms with Crippen molar-refractivity contribution in [3.63, 3.8) is 0 Å². The van der Waals surface area contributed by atoms with Gasteiger partial charge in [-0.2, -0.15) is 0 Å². The third kappa shape index (κ3) is 54.7. The monoisotopic (exact) mass is 1080 g/mol. The van der Waals surface area contributed by atoms with Gasteiger partial charge in [-0.05, 0) is 116 Å². The van der Waals surface area contributed by atoms with Gasteiger partial charge in [-0.3, -0.25) is 23.4 Å². The highest BCUT2D eigenvalue weighted by Crippen LogP contribution is 2.43. The molecule has 0 aliphatic heterocycles.